The highest BCUT2D eigenvalue weighted by Crippen LogP contribution is 2.40. The summed E-state index contributed by atoms with van der Waals surface area (Å²) in [5, 5.41) is 0. The Kier molecular flexibility index (Phi) is 3500. The summed E-state index contributed by atoms with van der Waals surface area (Å²) in [5.41, 5.74) is -2.50. The lowest BCUT2D eigenvalue weighted by molar-refractivity contribution is -0.296. The van der Waals surface area contributed by atoms with Crippen molar-refractivity contribution in [2.75, 3.05) is 0 Å². The summed E-state index contributed by atoms with van der Waals surface area (Å²) in [6.07, 6.45) is -2.50. The molecular formula is C3H294F26N39P61. The van der Waals surface area contributed by atoms with E-state index in [1.165, 1.54) is 0 Å². The van der Waals surface area contributed by atoms with Crippen molar-refractivity contribution in [1.29, 1.82) is 51.1 Å². The van der Waals surface area contributed by atoms with E-state index >= 15 is 0 Å². The van der Waals surface area contributed by atoms with Crippen LogP contribution in [0.3, 0.4) is 0 Å². The summed E-state index contributed by atoms with van der Waals surface area (Å²) in [7, 11) is -45.2. The highest BCUT2D eigenvalue weighted by Gasteiger charge is 1.93. The van der Waals surface area contributed by atoms with Crippen molar-refractivity contribution >= 4 is 596 Å². The predicted molar refractivity (Wildman–Crippen MR) is 898 cm³/mol. The first-order valence-corrected chi connectivity index (χ1v) is 9.91. The van der Waals surface area contributed by atoms with Crippen molar-refractivity contribution in [3.8, 4) is 0 Å². The Morgan fingerprint density at radius 2 is 0.194 bits per heavy atom. The molecule has 0 aromatic rings. The fourth-order valence-corrected chi connectivity index (χ4v) is 0. The molecule has 0 heterocycles. The SMILES string of the molecule is C.C.C.FF.FF.FN(F)F.FNF.FP(F)F.FP(F)F.FP(F)F.FP(F)F.FP(F)F.FPF.N.N.N.N.N.N.N.N.N.N.N.N.N.N.N.N.N.N.N.N.N.N.N.N.N.N.N.P.P.P.P.P.P.P.P.P.P.P.P.P.P.P.P.P.P.P.P.P.P.P.P.P.P.P.P.P.P.P.P.P.P.P.P.P.P.P.P.P.[3H]N([3H])[3H].[3H]N([3H])[3H].[3H]N([3H])[3H].[3H]N([3H])[3H].[3H]N([3H])[3H].[3H]N([3H])[3H].[3H]N([3H])[3H].[3H]N([3H])[3H].[3H]N([3H])[3H].[3H]N([3H])[3H].[3H]P.[3H]P([3H])[3H].[3H]P([3H])[3H].[3H]P([3H])[3H].[3H]P([3H])[3H].[3H]P([3H])[3H].[3H]P([3H])[3H].[3H]P([3H])[3H].[3H]P([3H])[3H].[3H]P([3H])[3H].[3H]P([3H])[3H].[3H]P([3H])[3H].[3H]P([3H])[3H].[3H]P([3H])[3H].[3H][3H].[3H][3H]. The van der Waals surface area contributed by atoms with Crippen LogP contribution in [0.4, 0.5) is 112 Å². The molecule has 42 atom stereocenters. The standard InChI is InChI=1S/3CH4.F3N.5F3P.F2HN.F2HP.2F2.37H3N.55H3P.2H2/c;;;6*1-4(2)3;2*1-3-2;2*1-2;;;;;;;;;;;;;;;;;;;;;;;;;;;;;;;;;;;;;;;;;;;;;;;;;;;;;;;;;;;;;;;;;;;;;;;;;;;;;;;;;;;;;;;;;;;;;;/h3*1H4;;;;;;;2*3H;;;92*1H3;2*1H/i;;;;;;;;;;;;;;;;;;;;;;;;;;;;;;;;;;;;;;;;;;;;;;;;;;13*1T3;1T;;;;;;;;;;;;;;;;;;;;;;;;;;;;;;;;;;;;;;;;;;2*1+2T/hT30. The molecule has 0 amide bonds. The van der Waals surface area contributed by atoms with Crippen LogP contribution in [-0.2, 0) is 0 Å². The number of nitrogens with zero attached hydrogens (tertiary/aromatic N) is 1. The maximum atomic E-state index is 9.73. The molecule has 0 rings (SSSR count). The zero-order valence-electron chi connectivity index (χ0n) is 146. The molecule has 0 aromatic heterocycles. The molecule has 0 saturated carbocycles. The van der Waals surface area contributed by atoms with Crippen molar-refractivity contribution in [2.45, 2.75) is 22.3 Å². The Hall–Kier alpha value is 22.8. The molecule has 0 aromatic carbocycles. The third-order valence-corrected chi connectivity index (χ3v) is 0. The number of halogens is 26. The Bertz CT molecular complexity index is 992. The minimum absolute atomic E-state index is 0. The Balaban J connectivity index is -0.00000000441. The summed E-state index contributed by atoms with van der Waals surface area (Å²) in [6.45, 7) is 0. The van der Waals surface area contributed by atoms with E-state index in [1.807, 2.05) is 0 Å². The van der Waals surface area contributed by atoms with Gasteiger partial charge in [-0.05, 0) is 0 Å². The minimum atomic E-state index is -4.12. The molecule has 0 saturated heterocycles. The maximum Gasteiger partial charge on any atom is 0.456 e. The maximum absolute atomic E-state index is 9.73. The minimum Gasteiger partial charge on any atom is -0.344 e. The second kappa shape index (κ2) is 1840. The van der Waals surface area contributed by atoms with Gasteiger partial charge in [-0.3, -0.25) is 0 Å². The van der Waals surface area contributed by atoms with Gasteiger partial charge in [-0.15, -0.1) is 8.96 Å². The Morgan fingerprint density at radius 1 is 0.194 bits per heavy atom. The molecule has 0 bridgehead atoms. The van der Waals surface area contributed by atoms with Gasteiger partial charge in [0.1, 0.15) is 42.4 Å². The molecule has 129 heavy (non-hydrogen) atoms. The van der Waals surface area contributed by atoms with Crippen LogP contribution in [0.15, 0.2) is 0 Å². The summed E-state index contributed by atoms with van der Waals surface area (Å²) in [6, 6.07) is 0. The third-order valence-electron chi connectivity index (χ3n) is 0. The smallest absolute Gasteiger partial charge is 0.344 e. The highest BCUT2D eigenvalue weighted by atomic mass is 31.2. The van der Waals surface area contributed by atoms with E-state index in [2.05, 4.69) is 0 Å². The van der Waals surface area contributed by atoms with Crippen LogP contribution in [0.1, 0.15) is 28.2 Å². The molecule has 42 unspecified atom stereocenters. The Morgan fingerprint density at radius 3 is 0.194 bits per heavy atom. The van der Waals surface area contributed by atoms with E-state index in [0.29, 0.717) is 0 Å². The Labute approximate surface area is 1060 Å². The van der Waals surface area contributed by atoms with Gasteiger partial charge in [0.05, 0.1) is 51.1 Å². The van der Waals surface area contributed by atoms with Crippen molar-refractivity contribution in [1.82, 2.24) is 239 Å². The van der Waals surface area contributed by atoms with E-state index in [0.717, 1.165) is 0 Å². The molecule has 0 radical (unpaired) electrons. The van der Waals surface area contributed by atoms with Crippen molar-refractivity contribution in [3.63, 3.8) is 0 Å². The fraction of sp³-hybridized carbons (Fsp3) is 1.00. The van der Waals surface area contributed by atoms with Gasteiger partial charge in [0.25, 0.3) is 9.20 Å². The van der Waals surface area contributed by atoms with Gasteiger partial charge in [0, 0.05) is 30.0 Å². The van der Waals surface area contributed by atoms with Crippen LogP contribution in [0.5, 0.6) is 0 Å². The second-order valence-corrected chi connectivity index (χ2v) is 3.35. The molecule has 112 N–H and O–H groups in total. The third kappa shape index (κ3) is 6400. The van der Waals surface area contributed by atoms with E-state index < -0.39 is 186 Å². The molecular weight excluding hydrogens is 2970 g/mol. The first-order valence-electron chi connectivity index (χ1n) is 37.5. The van der Waals surface area contributed by atoms with Gasteiger partial charge in [0.15, 0.2) is 5.57 Å². The molecule has 0 spiro atoms. The summed E-state index contributed by atoms with van der Waals surface area (Å²) in [5.74, 6) is -0.250. The topological polar surface area (TPSA) is 1310 Å². The van der Waals surface area contributed by atoms with E-state index in [1.54, 1.807) is 9.84 Å². The molecule has 126 heteroatoms. The quantitative estimate of drug-likeness (QED) is 0.0608. The summed E-state index contributed by atoms with van der Waals surface area (Å²) < 4.78 is 676. The van der Waals surface area contributed by atoms with Crippen LogP contribution in [0, 0.1) is 0 Å². The first kappa shape index (κ1) is 245. The molecule has 0 aliphatic rings. The second-order valence-electron chi connectivity index (χ2n) is 1.29. The van der Waals surface area contributed by atoms with Crippen LogP contribution in [-0.4, -0.2) is 56.7 Å². The normalized spacial score (nSPS) is 9.18. The van der Waals surface area contributed by atoms with Gasteiger partial charge in [-0.2, -0.15) is 614 Å². The van der Waals surface area contributed by atoms with Gasteiger partial charge >= 0.3 is 44.3 Å². The average Bonchev–Trinajstić information content (AvgIpc) is 1.77. The van der Waals surface area contributed by atoms with Crippen molar-refractivity contribution < 1.29 is 160 Å². The lowest BCUT2D eigenvalue weighted by atomic mass is 12.0. The van der Waals surface area contributed by atoms with Gasteiger partial charge in [-0.1, -0.05) is 35.7 Å². The number of hydrogen-bond donors (Lipinski definition) is 38. The monoisotopic (exact) mass is 3410 g/mol. The summed E-state index contributed by atoms with van der Waals surface area (Å²) in [4.78, 5) is 0. The molecule has 0 aliphatic carbocycles. The number of nitrogens with one attached hydrogen (secondary N) is 1. The average molecular weight is 3410 g/mol. The molecule has 0 aliphatic heterocycles. The van der Waals surface area contributed by atoms with Crippen LogP contribution in [0.2, 0.25) is 42.4 Å². The van der Waals surface area contributed by atoms with Gasteiger partial charge in [0.2, 0.25) is 0 Å². The zero-order chi connectivity index (χ0) is 119. The largest absolute Gasteiger partial charge is 0.456 e. The van der Waals surface area contributed by atoms with Crippen molar-refractivity contribution in [2.24, 2.45) is 0 Å². The number of rotatable bonds is 0. The number of hydrogen-bond acceptors (Lipinski definition) is 39. The van der Waals surface area contributed by atoms with Crippen LogP contribution < -0.4 is 233 Å². The van der Waals surface area contributed by atoms with Crippen LogP contribution in [0.25, 0.3) is 0 Å². The van der Waals surface area contributed by atoms with E-state index in [9.17, 15) is 93.8 Å². The molecule has 988 valence electrons. The lowest BCUT2D eigenvalue weighted by Crippen LogP contribution is -1.72. The van der Waals surface area contributed by atoms with Crippen LogP contribution >= 0.6 is 596 Å². The summed E-state index contributed by atoms with van der Waals surface area (Å²) >= 11 is 0. The lowest BCUT2D eigenvalue weighted by Gasteiger charge is -1.67. The van der Waals surface area contributed by atoms with E-state index in [4.69, 9.17) is 118 Å². The molecule has 0 fully saturated rings. The van der Waals surface area contributed by atoms with Crippen molar-refractivity contribution in [3.05, 3.63) is 0 Å². The van der Waals surface area contributed by atoms with Gasteiger partial charge in [-0.25, -0.2) is 0 Å². The van der Waals surface area contributed by atoms with E-state index in [-0.39, 0.29) is 661 Å². The first-order chi connectivity index (χ1) is 58.1. The predicted octanol–water partition coefficient (Wildman–Crippen LogP) is 26.6. The highest BCUT2D eigenvalue weighted by molar-refractivity contribution is 7.41. The fourth-order valence-electron chi connectivity index (χ4n) is 0. The molecule has 39 nitrogen and oxygen atoms in total. The van der Waals surface area contributed by atoms with Gasteiger partial charge < -0.3 is 227 Å². The zero-order valence-corrected chi connectivity index (χ0v) is 149.